The number of hydrogen-bond donors (Lipinski definition) is 2. The van der Waals surface area contributed by atoms with E-state index in [4.69, 9.17) is 4.74 Å². The Morgan fingerprint density at radius 2 is 2.14 bits per heavy atom. The van der Waals surface area contributed by atoms with Gasteiger partial charge in [0, 0.05) is 18.8 Å². The largest absolute Gasteiger partial charge is 0.378 e. The summed E-state index contributed by atoms with van der Waals surface area (Å²) in [4.78, 5) is 11.7. The Morgan fingerprint density at radius 3 is 2.86 bits per heavy atom. The number of carbonyl (C=O) groups is 1. The maximum Gasteiger partial charge on any atom is 0.319 e. The first-order valence-corrected chi connectivity index (χ1v) is 7.58. The van der Waals surface area contributed by atoms with Crippen LogP contribution in [0.5, 0.6) is 0 Å². The third-order valence-electron chi connectivity index (χ3n) is 3.68. The Bertz CT molecular complexity index is 473. The molecule has 1 aliphatic rings. The second-order valence-corrected chi connectivity index (χ2v) is 5.48. The van der Waals surface area contributed by atoms with Crippen LogP contribution < -0.4 is 10.6 Å². The van der Waals surface area contributed by atoms with Gasteiger partial charge in [-0.1, -0.05) is 12.8 Å². The minimum absolute atomic E-state index is 0.273. The molecule has 0 saturated heterocycles. The van der Waals surface area contributed by atoms with Crippen LogP contribution in [0.4, 0.5) is 14.9 Å². The fraction of sp³-hybridized carbons (Fsp3) is 0.562. The molecule has 5 heteroatoms. The topological polar surface area (TPSA) is 50.4 Å². The number of carbonyl (C=O) groups excluding carboxylic acids is 1. The van der Waals surface area contributed by atoms with E-state index in [-0.39, 0.29) is 11.8 Å². The van der Waals surface area contributed by atoms with Gasteiger partial charge in [0.25, 0.3) is 0 Å². The molecular weight excluding hydrogens is 271 g/mol. The van der Waals surface area contributed by atoms with E-state index in [9.17, 15) is 9.18 Å². The highest BCUT2D eigenvalue weighted by molar-refractivity contribution is 5.89. The highest BCUT2D eigenvalue weighted by atomic mass is 19.1. The summed E-state index contributed by atoms with van der Waals surface area (Å²) in [5.74, 6) is -0.273. The molecule has 1 saturated carbocycles. The first-order valence-electron chi connectivity index (χ1n) is 7.58. The number of urea groups is 1. The van der Waals surface area contributed by atoms with E-state index in [2.05, 4.69) is 10.6 Å². The van der Waals surface area contributed by atoms with Crippen LogP contribution >= 0.6 is 0 Å². The summed E-state index contributed by atoms with van der Waals surface area (Å²) in [6.45, 7) is 2.91. The summed E-state index contributed by atoms with van der Waals surface area (Å²) in [6.07, 6.45) is 6.08. The van der Waals surface area contributed by atoms with Crippen LogP contribution in [0, 0.1) is 12.7 Å². The van der Waals surface area contributed by atoms with Crippen molar-refractivity contribution in [3.8, 4) is 0 Å². The number of amides is 2. The molecule has 1 aliphatic carbocycles. The van der Waals surface area contributed by atoms with Gasteiger partial charge in [-0.15, -0.1) is 0 Å². The second-order valence-electron chi connectivity index (χ2n) is 5.48. The molecule has 1 aromatic carbocycles. The lowest BCUT2D eigenvalue weighted by atomic mass is 10.2. The van der Waals surface area contributed by atoms with Gasteiger partial charge < -0.3 is 15.4 Å². The molecule has 1 aromatic rings. The molecule has 0 spiro atoms. The maximum absolute atomic E-state index is 13.1. The van der Waals surface area contributed by atoms with Crippen molar-refractivity contribution in [3.05, 3.63) is 29.6 Å². The molecule has 2 amide bonds. The van der Waals surface area contributed by atoms with Crippen LogP contribution in [0.1, 0.15) is 37.7 Å². The molecule has 116 valence electrons. The fourth-order valence-corrected chi connectivity index (χ4v) is 2.48. The van der Waals surface area contributed by atoms with Crippen LogP contribution in [-0.2, 0) is 4.74 Å². The van der Waals surface area contributed by atoms with Gasteiger partial charge in [0.15, 0.2) is 0 Å². The lowest BCUT2D eigenvalue weighted by Crippen LogP contribution is -2.30. The van der Waals surface area contributed by atoms with Gasteiger partial charge in [0.2, 0.25) is 0 Å². The zero-order chi connectivity index (χ0) is 15.1. The summed E-state index contributed by atoms with van der Waals surface area (Å²) in [7, 11) is 0. The normalized spacial score (nSPS) is 15.1. The third kappa shape index (κ3) is 5.34. The van der Waals surface area contributed by atoms with E-state index >= 15 is 0 Å². The molecule has 0 aromatic heterocycles. The van der Waals surface area contributed by atoms with Gasteiger partial charge in [-0.2, -0.15) is 0 Å². The minimum Gasteiger partial charge on any atom is -0.378 e. The molecule has 0 aliphatic heterocycles. The van der Waals surface area contributed by atoms with Crippen LogP contribution in [-0.4, -0.2) is 25.3 Å². The molecule has 2 N–H and O–H groups in total. The predicted molar refractivity (Wildman–Crippen MR) is 81.0 cm³/mol. The van der Waals surface area contributed by atoms with E-state index in [0.717, 1.165) is 19.3 Å². The zero-order valence-electron chi connectivity index (χ0n) is 12.5. The molecule has 0 unspecified atom stereocenters. The maximum atomic E-state index is 13.1. The first-order chi connectivity index (χ1) is 10.1. The number of ether oxygens (including phenoxy) is 1. The SMILES string of the molecule is Cc1cc(NC(=O)NCCCOC2CCCC2)ccc1F. The van der Waals surface area contributed by atoms with Gasteiger partial charge in [0.1, 0.15) is 5.82 Å². The number of anilines is 1. The lowest BCUT2D eigenvalue weighted by Gasteiger charge is -2.11. The predicted octanol–water partition coefficient (Wildman–Crippen LogP) is 3.60. The van der Waals surface area contributed by atoms with Crippen molar-refractivity contribution in [2.75, 3.05) is 18.5 Å². The Kier molecular flexibility index (Phi) is 5.99. The number of rotatable bonds is 6. The average Bonchev–Trinajstić information content (AvgIpc) is 2.96. The summed E-state index contributed by atoms with van der Waals surface area (Å²) in [6, 6.07) is 4.23. The quantitative estimate of drug-likeness (QED) is 0.788. The molecule has 0 heterocycles. The summed E-state index contributed by atoms with van der Waals surface area (Å²) in [5.41, 5.74) is 1.10. The number of halogens is 1. The van der Waals surface area contributed by atoms with Crippen LogP contribution in [0.3, 0.4) is 0 Å². The molecule has 0 bridgehead atoms. The number of benzene rings is 1. The zero-order valence-corrected chi connectivity index (χ0v) is 12.5. The smallest absolute Gasteiger partial charge is 0.319 e. The van der Waals surface area contributed by atoms with Gasteiger partial charge in [-0.3, -0.25) is 0 Å². The Hall–Kier alpha value is -1.62. The highest BCUT2D eigenvalue weighted by Crippen LogP contribution is 2.20. The van der Waals surface area contributed by atoms with Crippen molar-refractivity contribution in [3.63, 3.8) is 0 Å². The van der Waals surface area contributed by atoms with Crippen molar-refractivity contribution in [1.29, 1.82) is 0 Å². The first kappa shape index (κ1) is 15.8. The summed E-state index contributed by atoms with van der Waals surface area (Å²) in [5, 5.41) is 5.45. The standard InChI is InChI=1S/C16H23FN2O2/c1-12-11-13(7-8-15(12)17)19-16(20)18-9-4-10-21-14-5-2-3-6-14/h7-8,11,14H,2-6,9-10H2,1H3,(H2,18,19,20). The molecule has 21 heavy (non-hydrogen) atoms. The molecule has 2 rings (SSSR count). The molecule has 0 radical (unpaired) electrons. The number of aryl methyl sites for hydroxylation is 1. The average molecular weight is 294 g/mol. The van der Waals surface area contributed by atoms with Crippen molar-refractivity contribution < 1.29 is 13.9 Å². The molecule has 1 fully saturated rings. The lowest BCUT2D eigenvalue weighted by molar-refractivity contribution is 0.0572. The van der Waals surface area contributed by atoms with E-state index in [1.807, 2.05) is 0 Å². The Labute approximate surface area is 125 Å². The monoisotopic (exact) mass is 294 g/mol. The molecule has 0 atom stereocenters. The summed E-state index contributed by atoms with van der Waals surface area (Å²) < 4.78 is 18.8. The van der Waals surface area contributed by atoms with Gasteiger partial charge in [-0.05, 0) is 49.9 Å². The third-order valence-corrected chi connectivity index (χ3v) is 3.68. The van der Waals surface area contributed by atoms with Gasteiger partial charge >= 0.3 is 6.03 Å². The van der Waals surface area contributed by atoms with Gasteiger partial charge in [0.05, 0.1) is 6.10 Å². The van der Waals surface area contributed by atoms with E-state index in [1.54, 1.807) is 19.1 Å². The highest BCUT2D eigenvalue weighted by Gasteiger charge is 2.14. The molecular formula is C16H23FN2O2. The van der Waals surface area contributed by atoms with Crippen LogP contribution in [0.25, 0.3) is 0 Å². The van der Waals surface area contributed by atoms with Crippen molar-refractivity contribution in [2.45, 2.75) is 45.1 Å². The Balaban J connectivity index is 1.59. The van der Waals surface area contributed by atoms with Crippen LogP contribution in [0.2, 0.25) is 0 Å². The molecule has 4 nitrogen and oxygen atoms in total. The van der Waals surface area contributed by atoms with Gasteiger partial charge in [-0.25, -0.2) is 9.18 Å². The minimum atomic E-state index is -0.276. The van der Waals surface area contributed by atoms with Crippen LogP contribution in [0.15, 0.2) is 18.2 Å². The van der Waals surface area contributed by atoms with Crippen molar-refractivity contribution in [2.24, 2.45) is 0 Å². The summed E-state index contributed by atoms with van der Waals surface area (Å²) >= 11 is 0. The fourth-order valence-electron chi connectivity index (χ4n) is 2.48. The van der Waals surface area contributed by atoms with E-state index < -0.39 is 0 Å². The number of hydrogen-bond acceptors (Lipinski definition) is 2. The van der Waals surface area contributed by atoms with Crippen molar-refractivity contribution in [1.82, 2.24) is 5.32 Å². The second kappa shape index (κ2) is 7.98. The number of nitrogens with one attached hydrogen (secondary N) is 2. The van der Waals surface area contributed by atoms with E-state index in [0.29, 0.717) is 30.5 Å². The Morgan fingerprint density at radius 1 is 1.38 bits per heavy atom. The van der Waals surface area contributed by atoms with Crippen molar-refractivity contribution >= 4 is 11.7 Å². The van der Waals surface area contributed by atoms with E-state index in [1.165, 1.54) is 18.9 Å².